The van der Waals surface area contributed by atoms with Gasteiger partial charge in [-0.1, -0.05) is 12.1 Å². The van der Waals surface area contributed by atoms with Crippen molar-refractivity contribution in [3.8, 4) is 0 Å². The summed E-state index contributed by atoms with van der Waals surface area (Å²) < 4.78 is 0. The average molecular weight is 292 g/mol. The van der Waals surface area contributed by atoms with Gasteiger partial charge in [-0.15, -0.1) is 0 Å². The Balaban J connectivity index is 2.70. The number of benzene rings is 1. The Bertz CT molecular complexity index is 486. The molecule has 0 aromatic heterocycles. The van der Waals surface area contributed by atoms with E-state index in [1.165, 1.54) is 0 Å². The Labute approximate surface area is 125 Å². The van der Waals surface area contributed by atoms with Gasteiger partial charge < -0.3 is 21.7 Å². The third-order valence-electron chi connectivity index (χ3n) is 2.72. The summed E-state index contributed by atoms with van der Waals surface area (Å²) in [5, 5.41) is 8.20. The van der Waals surface area contributed by atoms with Gasteiger partial charge in [-0.05, 0) is 39.3 Å². The van der Waals surface area contributed by atoms with E-state index in [0.717, 1.165) is 0 Å². The summed E-state index contributed by atoms with van der Waals surface area (Å²) in [5.74, 6) is -0.226. The van der Waals surface area contributed by atoms with Crippen molar-refractivity contribution in [2.75, 3.05) is 11.9 Å². The lowest BCUT2D eigenvalue weighted by Crippen LogP contribution is -2.35. The Hall–Kier alpha value is -2.08. The lowest BCUT2D eigenvalue weighted by Gasteiger charge is -2.14. The van der Waals surface area contributed by atoms with Crippen LogP contribution in [0.5, 0.6) is 0 Å². The van der Waals surface area contributed by atoms with Crippen LogP contribution in [-0.4, -0.2) is 30.6 Å². The number of rotatable bonds is 6. The normalized spacial score (nSPS) is 11.9. The van der Waals surface area contributed by atoms with Crippen LogP contribution in [-0.2, 0) is 0 Å². The third-order valence-corrected chi connectivity index (χ3v) is 2.72. The summed E-state index contributed by atoms with van der Waals surface area (Å²) >= 11 is 0. The number of nitrogens with two attached hydrogens (primary N) is 1. The maximum Gasteiger partial charge on any atom is 0.319 e. The van der Waals surface area contributed by atoms with Gasteiger partial charge in [-0.25, -0.2) is 4.79 Å². The van der Waals surface area contributed by atoms with Crippen LogP contribution in [0, 0.1) is 0 Å². The number of nitrogens with one attached hydrogen (secondary N) is 3. The van der Waals surface area contributed by atoms with Crippen molar-refractivity contribution >= 4 is 17.6 Å². The Morgan fingerprint density at radius 3 is 2.48 bits per heavy atom. The first kappa shape index (κ1) is 17.0. The van der Waals surface area contributed by atoms with Gasteiger partial charge in [0.2, 0.25) is 0 Å². The molecule has 0 spiro atoms. The molecule has 0 saturated heterocycles. The highest BCUT2D eigenvalue weighted by atomic mass is 16.2. The van der Waals surface area contributed by atoms with Gasteiger partial charge in [0.25, 0.3) is 5.91 Å². The zero-order chi connectivity index (χ0) is 15.8. The lowest BCUT2D eigenvalue weighted by atomic mass is 10.1. The molecule has 21 heavy (non-hydrogen) atoms. The van der Waals surface area contributed by atoms with E-state index in [1.807, 2.05) is 20.8 Å². The van der Waals surface area contributed by atoms with Crippen LogP contribution < -0.4 is 21.7 Å². The first-order valence-electron chi connectivity index (χ1n) is 7.10. The first-order valence-corrected chi connectivity index (χ1v) is 7.10. The molecule has 1 unspecified atom stereocenters. The molecule has 0 bridgehead atoms. The van der Waals surface area contributed by atoms with E-state index in [0.29, 0.717) is 24.2 Å². The number of para-hydroxylation sites is 1. The van der Waals surface area contributed by atoms with E-state index in [1.54, 1.807) is 24.3 Å². The molecule has 0 aliphatic heterocycles. The minimum atomic E-state index is -0.333. The fourth-order valence-corrected chi connectivity index (χ4v) is 1.72. The highest BCUT2D eigenvalue weighted by Crippen LogP contribution is 2.14. The minimum Gasteiger partial charge on any atom is -0.352 e. The van der Waals surface area contributed by atoms with E-state index >= 15 is 0 Å². The second kappa shape index (κ2) is 8.26. The predicted octanol–water partition coefficient (Wildman–Crippen LogP) is 1.68. The van der Waals surface area contributed by atoms with Crippen LogP contribution in [0.1, 0.15) is 37.6 Å². The van der Waals surface area contributed by atoms with Gasteiger partial charge in [-0.3, -0.25) is 4.79 Å². The number of hydrogen-bond acceptors (Lipinski definition) is 3. The summed E-state index contributed by atoms with van der Waals surface area (Å²) in [4.78, 5) is 23.9. The fraction of sp³-hybridized carbons (Fsp3) is 0.467. The number of urea groups is 1. The molecule has 0 radical (unpaired) electrons. The standard InChI is InChI=1S/C15H24N4O2/c1-10(2)18-15(21)19-13-7-5-4-6-12(13)14(20)17-9-8-11(3)16/h4-7,10-11H,8-9,16H2,1-3H3,(H,17,20)(H2,18,19,21). The van der Waals surface area contributed by atoms with Gasteiger partial charge in [0.05, 0.1) is 11.3 Å². The number of anilines is 1. The number of carbonyl (C=O) groups is 2. The fourth-order valence-electron chi connectivity index (χ4n) is 1.72. The summed E-state index contributed by atoms with van der Waals surface area (Å²) in [6.45, 7) is 6.12. The molecule has 0 aliphatic rings. The molecular formula is C15H24N4O2. The molecule has 1 rings (SSSR count). The maximum atomic E-state index is 12.1. The lowest BCUT2D eigenvalue weighted by molar-refractivity contribution is 0.0953. The zero-order valence-corrected chi connectivity index (χ0v) is 12.8. The predicted molar refractivity (Wildman–Crippen MR) is 84.3 cm³/mol. The molecule has 0 heterocycles. The van der Waals surface area contributed by atoms with Crippen LogP contribution >= 0.6 is 0 Å². The highest BCUT2D eigenvalue weighted by Gasteiger charge is 2.13. The van der Waals surface area contributed by atoms with Crippen LogP contribution in [0.15, 0.2) is 24.3 Å². The molecule has 116 valence electrons. The molecule has 0 fully saturated rings. The largest absolute Gasteiger partial charge is 0.352 e. The Morgan fingerprint density at radius 2 is 1.86 bits per heavy atom. The Morgan fingerprint density at radius 1 is 1.19 bits per heavy atom. The van der Waals surface area contributed by atoms with Crippen molar-refractivity contribution in [3.05, 3.63) is 29.8 Å². The average Bonchev–Trinajstić information content (AvgIpc) is 2.37. The third kappa shape index (κ3) is 6.27. The number of carbonyl (C=O) groups excluding carboxylic acids is 2. The summed E-state index contributed by atoms with van der Waals surface area (Å²) in [6.07, 6.45) is 0.704. The number of amides is 3. The summed E-state index contributed by atoms with van der Waals surface area (Å²) in [5.41, 5.74) is 6.55. The van der Waals surface area contributed by atoms with E-state index in [9.17, 15) is 9.59 Å². The number of hydrogen-bond donors (Lipinski definition) is 4. The van der Waals surface area contributed by atoms with Crippen molar-refractivity contribution in [2.24, 2.45) is 5.73 Å². The topological polar surface area (TPSA) is 96.2 Å². The molecule has 1 atom stereocenters. The first-order chi connectivity index (χ1) is 9.90. The van der Waals surface area contributed by atoms with Gasteiger partial charge in [0.1, 0.15) is 0 Å². The monoisotopic (exact) mass is 292 g/mol. The van der Waals surface area contributed by atoms with Gasteiger partial charge in [0.15, 0.2) is 0 Å². The molecule has 5 N–H and O–H groups in total. The quantitative estimate of drug-likeness (QED) is 0.642. The van der Waals surface area contributed by atoms with Crippen LogP contribution in [0.25, 0.3) is 0 Å². The van der Waals surface area contributed by atoms with E-state index in [4.69, 9.17) is 5.73 Å². The van der Waals surface area contributed by atoms with Crippen molar-refractivity contribution in [2.45, 2.75) is 39.3 Å². The molecule has 0 saturated carbocycles. The summed E-state index contributed by atoms with van der Waals surface area (Å²) in [7, 11) is 0. The molecule has 1 aromatic rings. The Kier molecular flexibility index (Phi) is 6.68. The van der Waals surface area contributed by atoms with E-state index < -0.39 is 0 Å². The molecule has 3 amide bonds. The van der Waals surface area contributed by atoms with Gasteiger partial charge in [-0.2, -0.15) is 0 Å². The maximum absolute atomic E-state index is 12.1. The smallest absolute Gasteiger partial charge is 0.319 e. The molecule has 0 aliphatic carbocycles. The van der Waals surface area contributed by atoms with Gasteiger partial charge in [0, 0.05) is 18.6 Å². The van der Waals surface area contributed by atoms with E-state index in [2.05, 4.69) is 16.0 Å². The molecule has 1 aromatic carbocycles. The SMILES string of the molecule is CC(N)CCNC(=O)c1ccccc1NC(=O)NC(C)C. The van der Waals surface area contributed by atoms with Crippen molar-refractivity contribution in [1.82, 2.24) is 10.6 Å². The molecular weight excluding hydrogens is 268 g/mol. The molecule has 6 heteroatoms. The van der Waals surface area contributed by atoms with Crippen molar-refractivity contribution < 1.29 is 9.59 Å². The molecule has 6 nitrogen and oxygen atoms in total. The highest BCUT2D eigenvalue weighted by molar-refractivity contribution is 6.03. The van der Waals surface area contributed by atoms with E-state index in [-0.39, 0.29) is 24.0 Å². The van der Waals surface area contributed by atoms with Crippen LogP contribution in [0.3, 0.4) is 0 Å². The van der Waals surface area contributed by atoms with Gasteiger partial charge >= 0.3 is 6.03 Å². The summed E-state index contributed by atoms with van der Waals surface area (Å²) in [6, 6.07) is 6.62. The zero-order valence-electron chi connectivity index (χ0n) is 12.8. The van der Waals surface area contributed by atoms with Crippen molar-refractivity contribution in [3.63, 3.8) is 0 Å². The van der Waals surface area contributed by atoms with Crippen LogP contribution in [0.2, 0.25) is 0 Å². The minimum absolute atomic E-state index is 0.0250. The second-order valence-corrected chi connectivity index (χ2v) is 5.32. The van der Waals surface area contributed by atoms with Crippen molar-refractivity contribution in [1.29, 1.82) is 0 Å². The van der Waals surface area contributed by atoms with Crippen LogP contribution in [0.4, 0.5) is 10.5 Å². The second-order valence-electron chi connectivity index (χ2n) is 5.32.